The fraction of sp³-hybridized carbons (Fsp3) is 0.600. The first-order valence-electron chi connectivity index (χ1n) is 5.14. The molecule has 0 bridgehead atoms. The lowest BCUT2D eigenvalue weighted by Gasteiger charge is -2.21. The maximum Gasteiger partial charge on any atom is 0.230 e. The highest BCUT2D eigenvalue weighted by molar-refractivity contribution is 9.09. The molecule has 0 radical (unpaired) electrons. The van der Waals surface area contributed by atoms with Crippen LogP contribution in [0.5, 0.6) is 0 Å². The van der Waals surface area contributed by atoms with Crippen LogP contribution in [0.1, 0.15) is 25.3 Å². The van der Waals surface area contributed by atoms with E-state index in [1.807, 2.05) is 12.5 Å². The third-order valence-electron chi connectivity index (χ3n) is 2.86. The standard InChI is InChI=1S/C10H14BrN3O/c11-6-10(15)13-8-2-1-3-9(8)14-5-4-12-7-14/h4-5,7-9H,1-3,6H2,(H,13,15). The van der Waals surface area contributed by atoms with Crippen LogP contribution < -0.4 is 5.32 Å². The average molecular weight is 272 g/mol. The number of halogens is 1. The van der Waals surface area contributed by atoms with Gasteiger partial charge in [-0.15, -0.1) is 0 Å². The minimum absolute atomic E-state index is 0.0621. The number of imidazole rings is 1. The van der Waals surface area contributed by atoms with Crippen molar-refractivity contribution in [2.75, 3.05) is 5.33 Å². The lowest BCUT2D eigenvalue weighted by molar-refractivity contribution is -0.119. The van der Waals surface area contributed by atoms with Gasteiger partial charge in [0.2, 0.25) is 5.91 Å². The van der Waals surface area contributed by atoms with Gasteiger partial charge in [0, 0.05) is 18.4 Å². The summed E-state index contributed by atoms with van der Waals surface area (Å²) in [5.41, 5.74) is 0. The van der Waals surface area contributed by atoms with Gasteiger partial charge in [-0.1, -0.05) is 15.9 Å². The van der Waals surface area contributed by atoms with Crippen LogP contribution >= 0.6 is 15.9 Å². The van der Waals surface area contributed by atoms with Crippen LogP contribution in [0, 0.1) is 0 Å². The molecule has 1 amide bonds. The number of hydrogen-bond donors (Lipinski definition) is 1. The fourth-order valence-corrected chi connectivity index (χ4v) is 2.34. The second-order valence-electron chi connectivity index (χ2n) is 3.82. The first-order valence-corrected chi connectivity index (χ1v) is 6.26. The quantitative estimate of drug-likeness (QED) is 0.847. The molecule has 2 unspecified atom stereocenters. The molecule has 1 fully saturated rings. The van der Waals surface area contributed by atoms with E-state index in [0.29, 0.717) is 11.4 Å². The molecule has 15 heavy (non-hydrogen) atoms. The van der Waals surface area contributed by atoms with Gasteiger partial charge in [0.05, 0.1) is 17.7 Å². The second kappa shape index (κ2) is 4.79. The Bertz CT molecular complexity index is 325. The van der Waals surface area contributed by atoms with Crippen molar-refractivity contribution in [2.45, 2.75) is 31.3 Å². The van der Waals surface area contributed by atoms with Crippen LogP contribution in [0.15, 0.2) is 18.7 Å². The van der Waals surface area contributed by atoms with E-state index >= 15 is 0 Å². The summed E-state index contributed by atoms with van der Waals surface area (Å²) in [6.07, 6.45) is 8.90. The molecule has 0 aliphatic heterocycles. The summed E-state index contributed by atoms with van der Waals surface area (Å²) in [7, 11) is 0. The molecule has 1 aliphatic carbocycles. The minimum atomic E-state index is 0.0621. The van der Waals surface area contributed by atoms with Gasteiger partial charge in [-0.05, 0) is 19.3 Å². The van der Waals surface area contributed by atoms with E-state index in [-0.39, 0.29) is 11.9 Å². The number of amides is 1. The van der Waals surface area contributed by atoms with Crippen molar-refractivity contribution in [3.05, 3.63) is 18.7 Å². The lowest BCUT2D eigenvalue weighted by atomic mass is 10.1. The summed E-state index contributed by atoms with van der Waals surface area (Å²) in [5.74, 6) is 0.0621. The van der Waals surface area contributed by atoms with E-state index in [1.165, 1.54) is 0 Å². The van der Waals surface area contributed by atoms with Crippen LogP contribution in [-0.4, -0.2) is 26.8 Å². The fourth-order valence-electron chi connectivity index (χ4n) is 2.18. The highest BCUT2D eigenvalue weighted by Gasteiger charge is 2.29. The smallest absolute Gasteiger partial charge is 0.230 e. The zero-order valence-electron chi connectivity index (χ0n) is 8.40. The number of carbonyl (C=O) groups is 1. The Morgan fingerprint density at radius 2 is 2.47 bits per heavy atom. The van der Waals surface area contributed by atoms with Gasteiger partial charge < -0.3 is 9.88 Å². The lowest BCUT2D eigenvalue weighted by Crippen LogP contribution is -2.38. The number of carbonyl (C=O) groups excluding carboxylic acids is 1. The topological polar surface area (TPSA) is 46.9 Å². The van der Waals surface area contributed by atoms with Crippen LogP contribution in [0.2, 0.25) is 0 Å². The Labute approximate surface area is 97.2 Å². The normalized spacial score (nSPS) is 25.4. The van der Waals surface area contributed by atoms with Crippen molar-refractivity contribution in [1.29, 1.82) is 0 Å². The molecule has 0 saturated heterocycles. The van der Waals surface area contributed by atoms with Gasteiger partial charge in [0.15, 0.2) is 0 Å². The molecular weight excluding hydrogens is 258 g/mol. The Hall–Kier alpha value is -0.840. The largest absolute Gasteiger partial charge is 0.351 e. The van der Waals surface area contributed by atoms with Gasteiger partial charge in [-0.2, -0.15) is 0 Å². The highest BCUT2D eigenvalue weighted by Crippen LogP contribution is 2.29. The van der Waals surface area contributed by atoms with Crippen molar-refractivity contribution >= 4 is 21.8 Å². The Morgan fingerprint density at radius 1 is 1.60 bits per heavy atom. The predicted molar refractivity (Wildman–Crippen MR) is 60.8 cm³/mol. The van der Waals surface area contributed by atoms with Crippen molar-refractivity contribution < 1.29 is 4.79 Å². The molecule has 1 saturated carbocycles. The number of alkyl halides is 1. The van der Waals surface area contributed by atoms with Crippen molar-refractivity contribution in [3.63, 3.8) is 0 Å². The summed E-state index contributed by atoms with van der Waals surface area (Å²) in [6, 6.07) is 0.625. The zero-order valence-corrected chi connectivity index (χ0v) is 9.98. The molecule has 0 spiro atoms. The zero-order chi connectivity index (χ0) is 10.7. The Balaban J connectivity index is 2.02. The third kappa shape index (κ3) is 2.40. The Morgan fingerprint density at radius 3 is 3.13 bits per heavy atom. The summed E-state index contributed by atoms with van der Waals surface area (Å²) in [4.78, 5) is 15.3. The molecule has 1 aromatic rings. The summed E-state index contributed by atoms with van der Waals surface area (Å²) in [5, 5.41) is 3.41. The number of nitrogens with zero attached hydrogens (tertiary/aromatic N) is 2. The van der Waals surface area contributed by atoms with E-state index in [0.717, 1.165) is 19.3 Å². The minimum Gasteiger partial charge on any atom is -0.351 e. The first kappa shape index (κ1) is 10.7. The molecule has 2 atom stereocenters. The maximum absolute atomic E-state index is 11.3. The van der Waals surface area contributed by atoms with Crippen molar-refractivity contribution in [1.82, 2.24) is 14.9 Å². The average Bonchev–Trinajstić information content (AvgIpc) is 2.86. The van der Waals surface area contributed by atoms with Crippen LogP contribution in [0.3, 0.4) is 0 Å². The van der Waals surface area contributed by atoms with Gasteiger partial charge in [0.1, 0.15) is 0 Å². The summed E-state index contributed by atoms with van der Waals surface area (Å²) < 4.78 is 2.09. The van der Waals surface area contributed by atoms with E-state index in [4.69, 9.17) is 0 Å². The van der Waals surface area contributed by atoms with Gasteiger partial charge in [-0.25, -0.2) is 4.98 Å². The van der Waals surface area contributed by atoms with Gasteiger partial charge >= 0.3 is 0 Å². The molecule has 82 valence electrons. The molecule has 2 rings (SSSR count). The van der Waals surface area contributed by atoms with Crippen molar-refractivity contribution in [2.24, 2.45) is 0 Å². The predicted octanol–water partition coefficient (Wildman–Crippen LogP) is 1.49. The number of hydrogen-bond acceptors (Lipinski definition) is 2. The van der Waals surface area contributed by atoms with Crippen LogP contribution in [0.4, 0.5) is 0 Å². The van der Waals surface area contributed by atoms with E-state index < -0.39 is 0 Å². The van der Waals surface area contributed by atoms with Crippen LogP contribution in [0.25, 0.3) is 0 Å². The number of rotatable bonds is 3. The summed E-state index contributed by atoms with van der Waals surface area (Å²) >= 11 is 3.16. The third-order valence-corrected chi connectivity index (χ3v) is 3.36. The molecule has 1 aliphatic rings. The monoisotopic (exact) mass is 271 g/mol. The first-order chi connectivity index (χ1) is 7.31. The summed E-state index contributed by atoms with van der Waals surface area (Å²) in [6.45, 7) is 0. The highest BCUT2D eigenvalue weighted by atomic mass is 79.9. The molecule has 1 N–H and O–H groups in total. The molecule has 0 aromatic carbocycles. The molecule has 4 nitrogen and oxygen atoms in total. The number of aromatic nitrogens is 2. The SMILES string of the molecule is O=C(CBr)NC1CCCC1n1ccnc1. The van der Waals surface area contributed by atoms with Gasteiger partial charge in [-0.3, -0.25) is 4.79 Å². The van der Waals surface area contributed by atoms with E-state index in [9.17, 15) is 4.79 Å². The Kier molecular flexibility index (Phi) is 3.41. The van der Waals surface area contributed by atoms with Crippen LogP contribution in [-0.2, 0) is 4.79 Å². The van der Waals surface area contributed by atoms with E-state index in [2.05, 4.69) is 30.8 Å². The van der Waals surface area contributed by atoms with Gasteiger partial charge in [0.25, 0.3) is 0 Å². The molecule has 1 heterocycles. The van der Waals surface area contributed by atoms with Crippen molar-refractivity contribution in [3.8, 4) is 0 Å². The van der Waals surface area contributed by atoms with E-state index in [1.54, 1.807) is 6.20 Å². The molecule has 1 aromatic heterocycles. The maximum atomic E-state index is 11.3. The molecular formula is C10H14BrN3O. The molecule has 5 heteroatoms. The number of nitrogens with one attached hydrogen (secondary N) is 1. The second-order valence-corrected chi connectivity index (χ2v) is 4.38.